The number of hydrogen-bond acceptors (Lipinski definition) is 5. The summed E-state index contributed by atoms with van der Waals surface area (Å²) in [5.41, 5.74) is -0.843. The highest BCUT2D eigenvalue weighted by Gasteiger charge is 2.58. The number of anilines is 1. The van der Waals surface area contributed by atoms with Gasteiger partial charge in [-0.1, -0.05) is 17.7 Å². The lowest BCUT2D eigenvalue weighted by Crippen LogP contribution is -2.58. The molecule has 0 bridgehead atoms. The summed E-state index contributed by atoms with van der Waals surface area (Å²) in [6.45, 7) is 3.37. The molecule has 2 saturated heterocycles. The highest BCUT2D eigenvalue weighted by molar-refractivity contribution is 6.17. The van der Waals surface area contributed by atoms with Gasteiger partial charge >= 0.3 is 12.2 Å². The number of likely N-dealkylation sites (N-methyl/N-ethyl adjacent to an activating group) is 1. The Hall–Kier alpha value is -4.00. The molecule has 13 heteroatoms. The average molecular weight is 594 g/mol. The number of halogens is 4. The molecule has 228 valence electrons. The van der Waals surface area contributed by atoms with Crippen molar-refractivity contribution in [2.75, 3.05) is 51.7 Å². The monoisotopic (exact) mass is 593 g/mol. The number of allylic oxidation sites excluding steroid dienone is 5. The third-order valence-electron chi connectivity index (χ3n) is 7.15. The van der Waals surface area contributed by atoms with Gasteiger partial charge in [0.05, 0.1) is 17.9 Å². The molecule has 9 nitrogen and oxygen atoms in total. The van der Waals surface area contributed by atoms with Gasteiger partial charge in [0.15, 0.2) is 0 Å². The quantitative estimate of drug-likeness (QED) is 0.204. The second-order valence-corrected chi connectivity index (χ2v) is 10.6. The molecular weight excluding hydrogens is 558 g/mol. The maximum absolute atomic E-state index is 13.7. The van der Waals surface area contributed by atoms with Crippen LogP contribution < -0.4 is 10.2 Å². The maximum Gasteiger partial charge on any atom is 0.416 e. The summed E-state index contributed by atoms with van der Waals surface area (Å²) in [4.78, 5) is 58.2. The molecule has 0 saturated carbocycles. The summed E-state index contributed by atoms with van der Waals surface area (Å²) in [6, 6.07) is 6.85. The van der Waals surface area contributed by atoms with E-state index in [-0.39, 0.29) is 38.4 Å². The van der Waals surface area contributed by atoms with Gasteiger partial charge in [0.25, 0.3) is 5.91 Å². The molecule has 42 heavy (non-hydrogen) atoms. The standard InChI is InChI=1S/C29H35F4N5O4/c1-20-5-10-23(11-6-20)38-27(42)37(18-17-35(3)4)26(41)28(38)13-15-36(16-14-28)25(40)19-34-24(39)12-9-22(29(31,32)33)8-7-21(2)30/h5-12H,13-19H2,1-4H3,(H,34,39)/b12-9+,21-7+,22-8+. The van der Waals surface area contributed by atoms with Gasteiger partial charge in [0, 0.05) is 37.9 Å². The SMILES string of the molecule is C\C(F)=C/C=C(\C=C\C(=O)NCC(=O)N1CCC2(CC1)C(=O)N(CCN(C)C)C(=O)N2c1ccc(C)cc1)C(F)(F)F. The van der Waals surface area contributed by atoms with E-state index >= 15 is 0 Å². The minimum Gasteiger partial charge on any atom is -0.343 e. The lowest BCUT2D eigenvalue weighted by Gasteiger charge is -2.42. The van der Waals surface area contributed by atoms with Gasteiger partial charge < -0.3 is 15.1 Å². The molecule has 0 unspecified atom stereocenters. The Morgan fingerprint density at radius 3 is 2.21 bits per heavy atom. The number of carbonyl (C=O) groups is 4. The highest BCUT2D eigenvalue weighted by Crippen LogP contribution is 2.40. The molecule has 1 spiro atoms. The van der Waals surface area contributed by atoms with E-state index in [0.29, 0.717) is 36.5 Å². The maximum atomic E-state index is 13.7. The predicted octanol–water partition coefficient (Wildman–Crippen LogP) is 3.72. The van der Waals surface area contributed by atoms with E-state index in [2.05, 4.69) is 5.32 Å². The van der Waals surface area contributed by atoms with E-state index in [0.717, 1.165) is 12.5 Å². The molecule has 3 rings (SSSR count). The lowest BCUT2D eigenvalue weighted by molar-refractivity contribution is -0.138. The van der Waals surface area contributed by atoms with Crippen molar-refractivity contribution in [2.45, 2.75) is 38.4 Å². The summed E-state index contributed by atoms with van der Waals surface area (Å²) in [7, 11) is 3.68. The zero-order valence-electron chi connectivity index (χ0n) is 24.0. The summed E-state index contributed by atoms with van der Waals surface area (Å²) in [5.74, 6) is -2.59. The van der Waals surface area contributed by atoms with Crippen molar-refractivity contribution < 1.29 is 36.7 Å². The predicted molar refractivity (Wildman–Crippen MR) is 149 cm³/mol. The van der Waals surface area contributed by atoms with Crippen molar-refractivity contribution in [2.24, 2.45) is 0 Å². The van der Waals surface area contributed by atoms with Gasteiger partial charge in [-0.15, -0.1) is 0 Å². The Morgan fingerprint density at radius 1 is 1.05 bits per heavy atom. The number of alkyl halides is 3. The lowest BCUT2D eigenvalue weighted by atomic mass is 9.85. The molecule has 0 aliphatic carbocycles. The largest absolute Gasteiger partial charge is 0.416 e. The third kappa shape index (κ3) is 7.64. The zero-order chi connectivity index (χ0) is 31.2. The number of carbonyl (C=O) groups excluding carboxylic acids is 4. The molecule has 1 aromatic rings. The number of aryl methyl sites for hydroxylation is 1. The minimum absolute atomic E-state index is 0.128. The number of benzene rings is 1. The van der Waals surface area contributed by atoms with Crippen LogP contribution in [0, 0.1) is 6.92 Å². The average Bonchev–Trinajstić information content (AvgIpc) is 3.11. The first-order chi connectivity index (χ1) is 19.7. The van der Waals surface area contributed by atoms with Crippen molar-refractivity contribution in [1.29, 1.82) is 0 Å². The number of hydrogen-bond donors (Lipinski definition) is 1. The molecule has 0 radical (unpaired) electrons. The fraction of sp³-hybridized carbons (Fsp3) is 0.448. The summed E-state index contributed by atoms with van der Waals surface area (Å²) < 4.78 is 52.1. The Balaban J connectivity index is 1.68. The number of likely N-dealkylation sites (tertiary alicyclic amines) is 1. The number of imide groups is 1. The Kier molecular flexibility index (Phi) is 10.3. The van der Waals surface area contributed by atoms with Crippen LogP contribution >= 0.6 is 0 Å². The Bertz CT molecular complexity index is 1280. The Labute approximate surface area is 242 Å². The van der Waals surface area contributed by atoms with Crippen molar-refractivity contribution in [3.8, 4) is 0 Å². The molecular formula is C29H35F4N5O4. The van der Waals surface area contributed by atoms with E-state index in [4.69, 9.17) is 0 Å². The van der Waals surface area contributed by atoms with Crippen molar-refractivity contribution in [1.82, 2.24) is 20.0 Å². The molecule has 2 aliphatic rings. The molecule has 1 aromatic carbocycles. The van der Waals surface area contributed by atoms with Crippen LogP contribution in [0.5, 0.6) is 0 Å². The topological polar surface area (TPSA) is 93.3 Å². The van der Waals surface area contributed by atoms with Crippen molar-refractivity contribution in [3.63, 3.8) is 0 Å². The summed E-state index contributed by atoms with van der Waals surface area (Å²) in [5, 5.41) is 2.26. The van der Waals surface area contributed by atoms with Crippen LogP contribution in [-0.4, -0.2) is 97.0 Å². The first-order valence-electron chi connectivity index (χ1n) is 13.4. The van der Waals surface area contributed by atoms with E-state index in [1.165, 1.54) is 14.7 Å². The first kappa shape index (κ1) is 32.5. The number of nitrogens with zero attached hydrogens (tertiary/aromatic N) is 4. The summed E-state index contributed by atoms with van der Waals surface area (Å²) in [6.07, 6.45) is -2.23. The van der Waals surface area contributed by atoms with Gasteiger partial charge in [0.2, 0.25) is 11.8 Å². The second-order valence-electron chi connectivity index (χ2n) is 10.6. The van der Waals surface area contributed by atoms with Crippen molar-refractivity contribution >= 4 is 29.4 Å². The number of amides is 5. The van der Waals surface area contributed by atoms with Crippen molar-refractivity contribution in [3.05, 3.63) is 65.5 Å². The first-order valence-corrected chi connectivity index (χ1v) is 13.4. The second kappa shape index (κ2) is 13.3. The van der Waals surface area contributed by atoms with Crippen LogP contribution in [0.25, 0.3) is 0 Å². The van der Waals surface area contributed by atoms with Crippen LogP contribution in [-0.2, 0) is 14.4 Å². The number of rotatable bonds is 9. The highest BCUT2D eigenvalue weighted by atomic mass is 19.4. The van der Waals surface area contributed by atoms with Crippen LogP contribution in [0.1, 0.15) is 25.3 Å². The fourth-order valence-corrected chi connectivity index (χ4v) is 4.80. The van der Waals surface area contributed by atoms with Gasteiger partial charge in [-0.2, -0.15) is 13.2 Å². The summed E-state index contributed by atoms with van der Waals surface area (Å²) >= 11 is 0. The van der Waals surface area contributed by atoms with Gasteiger partial charge in [-0.25, -0.2) is 9.18 Å². The number of urea groups is 1. The van der Waals surface area contributed by atoms with Crippen LogP contribution in [0.3, 0.4) is 0 Å². The smallest absolute Gasteiger partial charge is 0.343 e. The minimum atomic E-state index is -4.81. The number of nitrogens with one attached hydrogen (secondary N) is 1. The van der Waals surface area contributed by atoms with Gasteiger partial charge in [0.1, 0.15) is 5.54 Å². The Morgan fingerprint density at radius 2 is 1.67 bits per heavy atom. The van der Waals surface area contributed by atoms with Gasteiger partial charge in [-0.05, 0) is 71.1 Å². The van der Waals surface area contributed by atoms with Crippen LogP contribution in [0.15, 0.2) is 60.0 Å². The van der Waals surface area contributed by atoms with Gasteiger partial charge in [-0.3, -0.25) is 24.2 Å². The molecule has 2 heterocycles. The molecule has 1 N–H and O–H groups in total. The van der Waals surface area contributed by atoms with Crippen LogP contribution in [0.2, 0.25) is 0 Å². The van der Waals surface area contributed by atoms with E-state index < -0.39 is 47.5 Å². The molecule has 0 atom stereocenters. The molecule has 2 fully saturated rings. The molecule has 0 aromatic heterocycles. The molecule has 5 amide bonds. The zero-order valence-corrected chi connectivity index (χ0v) is 24.0. The molecule has 2 aliphatic heterocycles. The van der Waals surface area contributed by atoms with Crippen LogP contribution in [0.4, 0.5) is 28.0 Å². The number of piperidine rings is 1. The normalized spacial score (nSPS) is 18.2. The van der Waals surface area contributed by atoms with E-state index in [1.807, 2.05) is 38.1 Å². The van der Waals surface area contributed by atoms with E-state index in [1.54, 1.807) is 12.1 Å². The van der Waals surface area contributed by atoms with E-state index in [9.17, 15) is 36.7 Å². The third-order valence-corrected chi connectivity index (χ3v) is 7.15. The fourth-order valence-electron chi connectivity index (χ4n) is 4.80.